The van der Waals surface area contributed by atoms with E-state index in [9.17, 15) is 0 Å². The predicted molar refractivity (Wildman–Crippen MR) is 85.0 cm³/mol. The van der Waals surface area contributed by atoms with Crippen LogP contribution in [0.15, 0.2) is 36.9 Å². The van der Waals surface area contributed by atoms with Gasteiger partial charge in [-0.2, -0.15) is 12.6 Å². The third-order valence-electron chi connectivity index (χ3n) is 3.35. The number of thiol groups is 1. The number of ether oxygens (including phenoxy) is 2. The molecule has 112 valence electrons. The smallest absolute Gasteiger partial charge is 0.215 e. The maximum atomic E-state index is 6.34. The van der Waals surface area contributed by atoms with E-state index in [1.165, 1.54) is 0 Å². The van der Waals surface area contributed by atoms with Crippen molar-refractivity contribution in [1.82, 2.24) is 9.55 Å². The zero-order valence-electron chi connectivity index (χ0n) is 11.1. The number of aromatic nitrogens is 2. The van der Waals surface area contributed by atoms with Crippen molar-refractivity contribution >= 4 is 35.8 Å². The fourth-order valence-electron chi connectivity index (χ4n) is 2.38. The quantitative estimate of drug-likeness (QED) is 0.863. The summed E-state index contributed by atoms with van der Waals surface area (Å²) in [7, 11) is 0. The first-order valence-corrected chi connectivity index (χ1v) is 7.86. The third-order valence-corrected chi connectivity index (χ3v) is 4.31. The van der Waals surface area contributed by atoms with Gasteiger partial charge in [0.25, 0.3) is 0 Å². The van der Waals surface area contributed by atoms with Gasteiger partial charge in [0.05, 0.1) is 30.6 Å². The summed E-state index contributed by atoms with van der Waals surface area (Å²) in [6, 6.07) is 5.30. The number of benzene rings is 1. The number of hydrogen-bond acceptors (Lipinski definition) is 4. The SMILES string of the molecule is SC[C@H]1CO[C@](Cn2ccnc2)(c2ccc(Cl)cc2Cl)O1. The average molecular weight is 345 g/mol. The Morgan fingerprint density at radius 3 is 2.90 bits per heavy atom. The van der Waals surface area contributed by atoms with Crippen LogP contribution in [0.4, 0.5) is 0 Å². The van der Waals surface area contributed by atoms with Crippen LogP contribution in [0.5, 0.6) is 0 Å². The second-order valence-electron chi connectivity index (χ2n) is 4.85. The van der Waals surface area contributed by atoms with Crippen molar-refractivity contribution in [1.29, 1.82) is 0 Å². The standard InChI is InChI=1S/C14H14Cl2N2O2S/c15-10-1-2-12(13(16)5-10)14(8-18-4-3-17-9-18)19-6-11(7-21)20-14/h1-5,9,11,21H,6-8H2/t11-,14+/m1/s1. The maximum absolute atomic E-state index is 6.34. The van der Waals surface area contributed by atoms with E-state index >= 15 is 0 Å². The predicted octanol–water partition coefficient (Wildman–Crippen LogP) is 3.39. The number of hydrogen-bond donors (Lipinski definition) is 1. The van der Waals surface area contributed by atoms with Crippen molar-refractivity contribution in [2.24, 2.45) is 0 Å². The lowest BCUT2D eigenvalue weighted by molar-refractivity contribution is -0.184. The van der Waals surface area contributed by atoms with Crippen molar-refractivity contribution < 1.29 is 9.47 Å². The molecule has 0 saturated carbocycles. The van der Waals surface area contributed by atoms with Crippen LogP contribution < -0.4 is 0 Å². The normalized spacial score (nSPS) is 25.4. The van der Waals surface area contributed by atoms with Crippen LogP contribution in [-0.2, 0) is 21.8 Å². The Hall–Kier alpha value is -0.720. The lowest BCUT2D eigenvalue weighted by Crippen LogP contribution is -2.34. The van der Waals surface area contributed by atoms with E-state index in [2.05, 4.69) is 17.6 Å². The molecule has 1 aliphatic heterocycles. The van der Waals surface area contributed by atoms with Crippen LogP contribution in [0.3, 0.4) is 0 Å². The molecule has 0 amide bonds. The van der Waals surface area contributed by atoms with E-state index in [4.69, 9.17) is 32.7 Å². The highest BCUT2D eigenvalue weighted by molar-refractivity contribution is 7.80. The maximum Gasteiger partial charge on any atom is 0.215 e. The summed E-state index contributed by atoms with van der Waals surface area (Å²) in [5, 5.41) is 1.09. The van der Waals surface area contributed by atoms with E-state index in [-0.39, 0.29) is 6.10 Å². The van der Waals surface area contributed by atoms with Crippen molar-refractivity contribution in [2.45, 2.75) is 18.4 Å². The third kappa shape index (κ3) is 3.07. The van der Waals surface area contributed by atoms with Crippen LogP contribution in [0, 0.1) is 0 Å². The van der Waals surface area contributed by atoms with Crippen LogP contribution in [0.25, 0.3) is 0 Å². The Balaban J connectivity index is 1.99. The van der Waals surface area contributed by atoms with Gasteiger partial charge in [-0.15, -0.1) is 0 Å². The second kappa shape index (κ2) is 6.18. The molecule has 2 atom stereocenters. The number of halogens is 2. The lowest BCUT2D eigenvalue weighted by Gasteiger charge is -2.29. The van der Waals surface area contributed by atoms with E-state index < -0.39 is 5.79 Å². The van der Waals surface area contributed by atoms with Gasteiger partial charge in [-0.25, -0.2) is 4.98 Å². The highest BCUT2D eigenvalue weighted by Crippen LogP contribution is 2.40. The molecule has 1 saturated heterocycles. The Morgan fingerprint density at radius 1 is 1.43 bits per heavy atom. The summed E-state index contributed by atoms with van der Waals surface area (Å²) in [4.78, 5) is 4.05. The summed E-state index contributed by atoms with van der Waals surface area (Å²) in [5.74, 6) is -0.368. The van der Waals surface area contributed by atoms with Gasteiger partial charge < -0.3 is 14.0 Å². The molecule has 7 heteroatoms. The first-order valence-electron chi connectivity index (χ1n) is 6.47. The second-order valence-corrected chi connectivity index (χ2v) is 6.05. The molecule has 4 nitrogen and oxygen atoms in total. The molecule has 0 aliphatic carbocycles. The molecule has 0 radical (unpaired) electrons. The molecule has 3 rings (SSSR count). The summed E-state index contributed by atoms with van der Waals surface area (Å²) >= 11 is 16.6. The van der Waals surface area contributed by atoms with Crippen molar-refractivity contribution in [3.63, 3.8) is 0 Å². The molecule has 0 N–H and O–H groups in total. The molecule has 0 bridgehead atoms. The Morgan fingerprint density at radius 2 is 2.29 bits per heavy atom. The molecule has 1 aromatic heterocycles. The Kier molecular flexibility index (Phi) is 4.47. The highest BCUT2D eigenvalue weighted by Gasteiger charge is 2.44. The van der Waals surface area contributed by atoms with E-state index in [0.717, 1.165) is 5.56 Å². The first kappa shape index (κ1) is 15.2. The topological polar surface area (TPSA) is 36.3 Å². The van der Waals surface area contributed by atoms with Gasteiger partial charge in [0, 0.05) is 28.7 Å². The monoisotopic (exact) mass is 344 g/mol. The summed E-state index contributed by atoms with van der Waals surface area (Å²) in [6.45, 7) is 0.926. The minimum atomic E-state index is -0.949. The minimum Gasteiger partial charge on any atom is -0.342 e. The van der Waals surface area contributed by atoms with Crippen LogP contribution in [0.2, 0.25) is 10.0 Å². The molecule has 21 heavy (non-hydrogen) atoms. The fraction of sp³-hybridized carbons (Fsp3) is 0.357. The van der Waals surface area contributed by atoms with Gasteiger partial charge in [-0.1, -0.05) is 29.3 Å². The van der Waals surface area contributed by atoms with Crippen LogP contribution >= 0.6 is 35.8 Å². The van der Waals surface area contributed by atoms with Gasteiger partial charge >= 0.3 is 0 Å². The van der Waals surface area contributed by atoms with Gasteiger partial charge in [0.15, 0.2) is 0 Å². The van der Waals surface area contributed by atoms with Gasteiger partial charge in [-0.3, -0.25) is 0 Å². The van der Waals surface area contributed by atoms with Gasteiger partial charge in [-0.05, 0) is 12.1 Å². The lowest BCUT2D eigenvalue weighted by atomic mass is 10.1. The summed E-state index contributed by atoms with van der Waals surface area (Å²) < 4.78 is 14.0. The van der Waals surface area contributed by atoms with E-state index in [1.54, 1.807) is 24.7 Å². The highest BCUT2D eigenvalue weighted by atomic mass is 35.5. The molecule has 1 fully saturated rings. The van der Waals surface area contributed by atoms with Crippen molar-refractivity contribution in [3.05, 3.63) is 52.5 Å². The molecular formula is C14H14Cl2N2O2S. The Labute approximate surface area is 138 Å². The van der Waals surface area contributed by atoms with Crippen LogP contribution in [0.1, 0.15) is 5.56 Å². The zero-order chi connectivity index (χ0) is 14.9. The largest absolute Gasteiger partial charge is 0.342 e. The summed E-state index contributed by atoms with van der Waals surface area (Å²) in [5.41, 5.74) is 0.756. The fourth-order valence-corrected chi connectivity index (χ4v) is 3.12. The molecular weight excluding hydrogens is 331 g/mol. The number of rotatable bonds is 4. The number of imidazole rings is 1. The van der Waals surface area contributed by atoms with Crippen molar-refractivity contribution in [3.8, 4) is 0 Å². The summed E-state index contributed by atoms with van der Waals surface area (Å²) in [6.07, 6.45) is 5.20. The Bertz CT molecular complexity index is 623. The first-order chi connectivity index (χ1) is 10.1. The minimum absolute atomic E-state index is 0.0800. The van der Waals surface area contributed by atoms with Gasteiger partial charge in [0.2, 0.25) is 5.79 Å². The van der Waals surface area contributed by atoms with Crippen molar-refractivity contribution in [2.75, 3.05) is 12.4 Å². The molecule has 0 unspecified atom stereocenters. The number of nitrogens with zero attached hydrogens (tertiary/aromatic N) is 2. The molecule has 1 aliphatic rings. The zero-order valence-corrected chi connectivity index (χ0v) is 13.5. The average Bonchev–Trinajstić information content (AvgIpc) is 3.09. The van der Waals surface area contributed by atoms with Gasteiger partial charge in [0.1, 0.15) is 0 Å². The van der Waals surface area contributed by atoms with E-state index in [0.29, 0.717) is 28.9 Å². The molecule has 1 aromatic carbocycles. The molecule has 2 aromatic rings. The molecule has 2 heterocycles. The van der Waals surface area contributed by atoms with E-state index in [1.807, 2.05) is 16.8 Å². The van der Waals surface area contributed by atoms with Crippen LogP contribution in [-0.4, -0.2) is 28.0 Å². The molecule has 0 spiro atoms.